The molecule has 0 unspecified atom stereocenters. The Labute approximate surface area is 194 Å². The van der Waals surface area contributed by atoms with Crippen molar-refractivity contribution < 1.29 is 0 Å². The van der Waals surface area contributed by atoms with Crippen LogP contribution in [0.15, 0.2) is 54.9 Å². The number of hydrogen-bond donors (Lipinski definition) is 2. The Bertz CT molecular complexity index is 1260. The lowest BCUT2D eigenvalue weighted by atomic mass is 10.1. The summed E-state index contributed by atoms with van der Waals surface area (Å²) in [7, 11) is 0. The van der Waals surface area contributed by atoms with E-state index in [-0.39, 0.29) is 6.04 Å². The predicted octanol–water partition coefficient (Wildman–Crippen LogP) is 5.53. The molecule has 1 aromatic carbocycles. The number of pyridine rings is 1. The number of hydrogen-bond acceptors (Lipinski definition) is 7. The zero-order valence-electron chi connectivity index (χ0n) is 17.1. The molecule has 32 heavy (non-hydrogen) atoms. The number of likely N-dealkylation sites (tertiary alicyclic amines) is 1. The number of H-pyrrole nitrogens is 1. The minimum Gasteiger partial charge on any atom is -0.316 e. The molecule has 1 aliphatic heterocycles. The van der Waals surface area contributed by atoms with Gasteiger partial charge in [-0.15, -0.1) is 0 Å². The Kier molecular flexibility index (Phi) is 5.86. The highest BCUT2D eigenvalue weighted by molar-refractivity contribution is 7.16. The fraction of sp³-hybridized carbons (Fsp3) is 0.217. The second-order valence-electron chi connectivity index (χ2n) is 7.62. The third-order valence-corrected chi connectivity index (χ3v) is 6.62. The van der Waals surface area contributed by atoms with Crippen molar-refractivity contribution in [3.63, 3.8) is 0 Å². The molecule has 160 valence electrons. The Morgan fingerprint density at radius 3 is 2.91 bits per heavy atom. The third-order valence-electron chi connectivity index (χ3n) is 5.55. The van der Waals surface area contributed by atoms with E-state index in [1.807, 2.05) is 42.6 Å². The van der Waals surface area contributed by atoms with E-state index in [2.05, 4.69) is 37.5 Å². The normalized spacial score (nSPS) is 16.2. The van der Waals surface area contributed by atoms with Gasteiger partial charge < -0.3 is 5.32 Å². The second kappa shape index (κ2) is 9.09. The van der Waals surface area contributed by atoms with Gasteiger partial charge in [-0.25, -0.2) is 9.97 Å². The van der Waals surface area contributed by atoms with Gasteiger partial charge in [-0.1, -0.05) is 41.1 Å². The van der Waals surface area contributed by atoms with Gasteiger partial charge in [0.15, 0.2) is 5.13 Å². The summed E-state index contributed by atoms with van der Waals surface area (Å²) < 4.78 is 0. The molecule has 9 heteroatoms. The minimum atomic E-state index is 0.232. The van der Waals surface area contributed by atoms with Gasteiger partial charge >= 0.3 is 0 Å². The van der Waals surface area contributed by atoms with Crippen molar-refractivity contribution in [2.24, 2.45) is 0 Å². The van der Waals surface area contributed by atoms with Gasteiger partial charge in [0.25, 0.3) is 0 Å². The summed E-state index contributed by atoms with van der Waals surface area (Å²) in [6, 6.07) is 16.2. The molecular weight excluding hydrogens is 442 g/mol. The maximum Gasteiger partial charge on any atom is 0.189 e. The fourth-order valence-corrected chi connectivity index (χ4v) is 4.81. The molecule has 1 fully saturated rings. The summed E-state index contributed by atoms with van der Waals surface area (Å²) in [6.07, 6.45) is 5.65. The zero-order chi connectivity index (χ0) is 21.9. The van der Waals surface area contributed by atoms with Crippen molar-refractivity contribution in [1.82, 2.24) is 25.1 Å². The van der Waals surface area contributed by atoms with Gasteiger partial charge in [-0.05, 0) is 49.2 Å². The second-order valence-corrected chi connectivity index (χ2v) is 9.09. The predicted molar refractivity (Wildman–Crippen MR) is 126 cm³/mol. The Morgan fingerprint density at radius 2 is 2.09 bits per heavy atom. The van der Waals surface area contributed by atoms with Crippen LogP contribution in [-0.4, -0.2) is 31.6 Å². The summed E-state index contributed by atoms with van der Waals surface area (Å²) in [6.45, 7) is 1.80. The number of thiazole rings is 1. The molecule has 4 aromatic rings. The van der Waals surface area contributed by atoms with Crippen LogP contribution < -0.4 is 5.32 Å². The molecule has 0 aliphatic carbocycles. The van der Waals surface area contributed by atoms with Crippen molar-refractivity contribution >= 4 is 33.9 Å². The topological polar surface area (TPSA) is 93.5 Å². The van der Waals surface area contributed by atoms with Crippen molar-refractivity contribution in [2.45, 2.75) is 25.4 Å². The SMILES string of the molecule is N#Cc1cnc(Nc2cccc([C@@H]3CCCN3Cc3cn[nH]c3-c3ccc(Cl)cc3)n2)s1. The van der Waals surface area contributed by atoms with Crippen molar-refractivity contribution in [3.05, 3.63) is 76.0 Å². The molecule has 3 aromatic heterocycles. The quantitative estimate of drug-likeness (QED) is 0.392. The molecule has 2 N–H and O–H groups in total. The van der Waals surface area contributed by atoms with E-state index in [0.717, 1.165) is 59.3 Å². The number of rotatable bonds is 6. The first-order valence-electron chi connectivity index (χ1n) is 10.3. The van der Waals surface area contributed by atoms with Crippen molar-refractivity contribution in [1.29, 1.82) is 5.26 Å². The van der Waals surface area contributed by atoms with Crippen LogP contribution in [0.25, 0.3) is 11.3 Å². The van der Waals surface area contributed by atoms with Crippen LogP contribution >= 0.6 is 22.9 Å². The molecule has 5 rings (SSSR count). The average molecular weight is 462 g/mol. The van der Waals surface area contributed by atoms with Crippen LogP contribution in [0, 0.1) is 11.3 Å². The van der Waals surface area contributed by atoms with Crippen LogP contribution in [-0.2, 0) is 6.54 Å². The molecule has 0 saturated carbocycles. The number of anilines is 2. The first kappa shape index (κ1) is 20.6. The van der Waals surface area contributed by atoms with E-state index in [4.69, 9.17) is 21.8 Å². The molecule has 0 amide bonds. The summed E-state index contributed by atoms with van der Waals surface area (Å²) in [5.41, 5.74) is 4.27. The molecule has 0 radical (unpaired) electrons. The lowest BCUT2D eigenvalue weighted by Gasteiger charge is -2.24. The van der Waals surface area contributed by atoms with Crippen molar-refractivity contribution in [2.75, 3.05) is 11.9 Å². The zero-order valence-corrected chi connectivity index (χ0v) is 18.7. The van der Waals surface area contributed by atoms with Gasteiger partial charge in [-0.2, -0.15) is 10.4 Å². The number of benzene rings is 1. The molecule has 1 aliphatic rings. The molecular formula is C23H20ClN7S. The van der Waals surface area contributed by atoms with Crippen LogP contribution in [0.5, 0.6) is 0 Å². The van der Waals surface area contributed by atoms with E-state index in [0.29, 0.717) is 10.0 Å². The maximum absolute atomic E-state index is 9.00. The highest BCUT2D eigenvalue weighted by atomic mass is 35.5. The maximum atomic E-state index is 9.00. The van der Waals surface area contributed by atoms with Crippen LogP contribution in [0.4, 0.5) is 10.9 Å². The van der Waals surface area contributed by atoms with Crippen LogP contribution in [0.3, 0.4) is 0 Å². The Hall–Kier alpha value is -3.25. The molecule has 1 saturated heterocycles. The summed E-state index contributed by atoms with van der Waals surface area (Å²) in [4.78, 5) is 12.1. The van der Waals surface area contributed by atoms with E-state index >= 15 is 0 Å². The highest BCUT2D eigenvalue weighted by Gasteiger charge is 2.28. The highest BCUT2D eigenvalue weighted by Crippen LogP contribution is 2.34. The van der Waals surface area contributed by atoms with E-state index in [1.54, 1.807) is 6.20 Å². The average Bonchev–Trinajstić information content (AvgIpc) is 3.56. The van der Waals surface area contributed by atoms with Crippen LogP contribution in [0.1, 0.15) is 35.0 Å². The van der Waals surface area contributed by atoms with Gasteiger partial charge in [0.05, 0.1) is 29.8 Å². The van der Waals surface area contributed by atoms with Crippen LogP contribution in [0.2, 0.25) is 5.02 Å². The number of nitrogens with one attached hydrogen (secondary N) is 2. The largest absolute Gasteiger partial charge is 0.316 e. The fourth-order valence-electron chi connectivity index (χ4n) is 4.07. The number of nitriles is 1. The number of aromatic amines is 1. The van der Waals surface area contributed by atoms with Gasteiger partial charge in [0, 0.05) is 17.1 Å². The molecule has 4 heterocycles. The first-order valence-corrected chi connectivity index (χ1v) is 11.5. The lowest BCUT2D eigenvalue weighted by Crippen LogP contribution is -2.23. The van der Waals surface area contributed by atoms with Gasteiger partial charge in [0.1, 0.15) is 16.8 Å². The smallest absolute Gasteiger partial charge is 0.189 e. The standard InChI is InChI=1S/C23H20ClN7S/c24-17-8-6-15(7-9-17)22-16(12-27-30-22)14-31-10-2-4-20(31)19-3-1-5-21(28-19)29-23-26-13-18(11-25)32-23/h1,3,5-9,12-13,20H,2,4,10,14H2,(H,27,30)(H,26,28,29)/t20-/m0/s1. The van der Waals surface area contributed by atoms with E-state index in [1.165, 1.54) is 11.3 Å². The van der Waals surface area contributed by atoms with E-state index in [9.17, 15) is 0 Å². The summed E-state index contributed by atoms with van der Waals surface area (Å²) >= 11 is 7.36. The van der Waals surface area contributed by atoms with Gasteiger partial charge in [-0.3, -0.25) is 10.00 Å². The van der Waals surface area contributed by atoms with E-state index < -0.39 is 0 Å². The number of aromatic nitrogens is 4. The summed E-state index contributed by atoms with van der Waals surface area (Å²) in [5, 5.41) is 21.0. The van der Waals surface area contributed by atoms with Crippen molar-refractivity contribution in [3.8, 4) is 17.3 Å². The summed E-state index contributed by atoms with van der Waals surface area (Å²) in [5.74, 6) is 0.735. The molecule has 0 spiro atoms. The minimum absolute atomic E-state index is 0.232. The monoisotopic (exact) mass is 461 g/mol. The lowest BCUT2D eigenvalue weighted by molar-refractivity contribution is 0.245. The molecule has 1 atom stereocenters. The third kappa shape index (κ3) is 4.36. The first-order chi connectivity index (χ1) is 15.7. The Balaban J connectivity index is 1.34. The molecule has 0 bridgehead atoms. The number of nitrogens with zero attached hydrogens (tertiary/aromatic N) is 5. The Morgan fingerprint density at radius 1 is 1.22 bits per heavy atom. The number of halogens is 1. The van der Waals surface area contributed by atoms with Gasteiger partial charge in [0.2, 0.25) is 0 Å². The molecule has 7 nitrogen and oxygen atoms in total.